The lowest BCUT2D eigenvalue weighted by atomic mass is 10.2. The van der Waals surface area contributed by atoms with Crippen LogP contribution in [0.3, 0.4) is 0 Å². The van der Waals surface area contributed by atoms with Crippen LogP contribution in [0.4, 0.5) is 0 Å². The van der Waals surface area contributed by atoms with Crippen molar-refractivity contribution in [3.05, 3.63) is 36.4 Å². The van der Waals surface area contributed by atoms with Crippen molar-refractivity contribution in [2.24, 2.45) is 0 Å². The van der Waals surface area contributed by atoms with Crippen LogP contribution in [0.15, 0.2) is 34.9 Å². The summed E-state index contributed by atoms with van der Waals surface area (Å²) in [6.07, 6.45) is 2.74. The molecule has 0 unspecified atom stereocenters. The van der Waals surface area contributed by atoms with Crippen molar-refractivity contribution < 1.29 is 19.1 Å². The van der Waals surface area contributed by atoms with Gasteiger partial charge in [-0.05, 0) is 30.7 Å². The summed E-state index contributed by atoms with van der Waals surface area (Å²) in [5, 5.41) is 9.47. The summed E-state index contributed by atoms with van der Waals surface area (Å²) < 4.78 is 10.8. The highest BCUT2D eigenvalue weighted by atomic mass is 16.5. The van der Waals surface area contributed by atoms with Gasteiger partial charge in [-0.1, -0.05) is 0 Å². The van der Waals surface area contributed by atoms with Crippen LogP contribution in [0, 0.1) is 0 Å². The van der Waals surface area contributed by atoms with Crippen LogP contribution in [0.2, 0.25) is 0 Å². The molecule has 1 amide bonds. The molecule has 0 saturated carbocycles. The third-order valence-electron chi connectivity index (χ3n) is 4.00. The molecular weight excluding hydrogens is 296 g/mol. The summed E-state index contributed by atoms with van der Waals surface area (Å²) in [7, 11) is 1.62. The van der Waals surface area contributed by atoms with E-state index in [9.17, 15) is 9.90 Å². The number of hydrogen-bond acceptors (Lipinski definition) is 5. The normalized spacial score (nSPS) is 17.5. The monoisotopic (exact) mass is 316 g/mol. The largest absolute Gasteiger partial charge is 0.497 e. The minimum atomic E-state index is -0.387. The molecule has 122 valence electrons. The molecule has 6 heteroatoms. The highest BCUT2D eigenvalue weighted by Crippen LogP contribution is 2.23. The minimum absolute atomic E-state index is 0.0331. The number of amides is 1. The van der Waals surface area contributed by atoms with Gasteiger partial charge in [0.05, 0.1) is 19.4 Å². The number of aliphatic hydroxyl groups is 1. The molecule has 1 N–H and O–H groups in total. The highest BCUT2D eigenvalue weighted by molar-refractivity contribution is 5.76. The number of methoxy groups -OCH3 is 1. The number of aromatic nitrogens is 1. The van der Waals surface area contributed by atoms with Crippen LogP contribution in [-0.2, 0) is 11.2 Å². The number of hydrogen-bond donors (Lipinski definition) is 1. The Morgan fingerprint density at radius 2 is 2.22 bits per heavy atom. The molecule has 2 heterocycles. The van der Waals surface area contributed by atoms with Gasteiger partial charge in [-0.2, -0.15) is 0 Å². The number of β-amino-alcohol motifs (C(OH)–C–C–N with tert-alkyl or cyclic N) is 1. The molecule has 1 aliphatic heterocycles. The Balaban J connectivity index is 1.57. The van der Waals surface area contributed by atoms with Gasteiger partial charge in [-0.15, -0.1) is 0 Å². The Hall–Kier alpha value is -2.34. The quantitative estimate of drug-likeness (QED) is 0.911. The number of benzene rings is 1. The van der Waals surface area contributed by atoms with E-state index < -0.39 is 0 Å². The van der Waals surface area contributed by atoms with Gasteiger partial charge in [0.1, 0.15) is 5.75 Å². The number of oxazole rings is 1. The smallest absolute Gasteiger partial charge is 0.223 e. The van der Waals surface area contributed by atoms with E-state index >= 15 is 0 Å². The average molecular weight is 316 g/mol. The second kappa shape index (κ2) is 6.83. The first kappa shape index (κ1) is 15.6. The predicted octanol–water partition coefficient (Wildman–Crippen LogP) is 1.88. The zero-order valence-electron chi connectivity index (χ0n) is 13.1. The van der Waals surface area contributed by atoms with Crippen LogP contribution in [-0.4, -0.2) is 47.2 Å². The number of carbonyl (C=O) groups is 1. The second-order valence-corrected chi connectivity index (χ2v) is 5.63. The predicted molar refractivity (Wildman–Crippen MR) is 84.0 cm³/mol. The van der Waals surface area contributed by atoms with E-state index in [1.54, 1.807) is 18.2 Å². The van der Waals surface area contributed by atoms with Crippen LogP contribution < -0.4 is 4.74 Å². The first-order chi connectivity index (χ1) is 11.2. The van der Waals surface area contributed by atoms with Crippen molar-refractivity contribution in [2.45, 2.75) is 25.4 Å². The van der Waals surface area contributed by atoms with Crippen LogP contribution in [0.5, 0.6) is 5.75 Å². The number of carbonyl (C=O) groups excluding carboxylic acids is 1. The molecule has 1 atom stereocenters. The van der Waals surface area contributed by atoms with E-state index in [4.69, 9.17) is 9.15 Å². The number of aryl methyl sites for hydroxylation is 1. The molecule has 0 aliphatic carbocycles. The van der Waals surface area contributed by atoms with Gasteiger partial charge in [0.15, 0.2) is 11.7 Å². The first-order valence-corrected chi connectivity index (χ1v) is 7.70. The van der Waals surface area contributed by atoms with E-state index in [0.717, 1.165) is 11.3 Å². The molecule has 1 saturated heterocycles. The summed E-state index contributed by atoms with van der Waals surface area (Å²) in [5.41, 5.74) is 0.915. The zero-order chi connectivity index (χ0) is 16.2. The summed E-state index contributed by atoms with van der Waals surface area (Å²) in [5.74, 6) is 2.04. The maximum absolute atomic E-state index is 12.0. The van der Waals surface area contributed by atoms with E-state index in [0.29, 0.717) is 44.0 Å². The fraction of sp³-hybridized carbons (Fsp3) is 0.412. The standard InChI is InChI=1S/C17H20N2O4/c1-22-14-4-2-12(3-5-14)15-10-18-16(23-15)6-7-17(21)19-9-8-13(20)11-19/h2-5,10,13,20H,6-9,11H2,1H3/t13-/m1/s1. The number of ether oxygens (including phenoxy) is 1. The Morgan fingerprint density at radius 1 is 1.43 bits per heavy atom. The minimum Gasteiger partial charge on any atom is -0.497 e. The topological polar surface area (TPSA) is 75.8 Å². The van der Waals surface area contributed by atoms with Gasteiger partial charge in [-0.3, -0.25) is 4.79 Å². The SMILES string of the molecule is COc1ccc(-c2cnc(CCC(=O)N3CC[C@@H](O)C3)o2)cc1. The number of aliphatic hydroxyl groups excluding tert-OH is 1. The number of rotatable bonds is 5. The van der Waals surface area contributed by atoms with Crippen LogP contribution in [0.1, 0.15) is 18.7 Å². The summed E-state index contributed by atoms with van der Waals surface area (Å²) in [4.78, 5) is 18.0. The molecule has 3 rings (SSSR count). The van der Waals surface area contributed by atoms with Crippen molar-refractivity contribution in [2.75, 3.05) is 20.2 Å². The van der Waals surface area contributed by atoms with Crippen molar-refractivity contribution in [3.8, 4) is 17.1 Å². The van der Waals surface area contributed by atoms with Gasteiger partial charge in [0.25, 0.3) is 0 Å². The molecule has 0 bridgehead atoms. The molecule has 0 spiro atoms. The Labute approximate surface area is 134 Å². The van der Waals surface area contributed by atoms with Crippen molar-refractivity contribution >= 4 is 5.91 Å². The molecule has 1 aliphatic rings. The van der Waals surface area contributed by atoms with Gasteiger partial charge in [-0.25, -0.2) is 4.98 Å². The van der Waals surface area contributed by atoms with E-state index in [1.807, 2.05) is 24.3 Å². The number of nitrogens with zero attached hydrogens (tertiary/aromatic N) is 2. The maximum Gasteiger partial charge on any atom is 0.223 e. The highest BCUT2D eigenvalue weighted by Gasteiger charge is 2.24. The molecule has 2 aromatic rings. The van der Waals surface area contributed by atoms with E-state index in [2.05, 4.69) is 4.98 Å². The lowest BCUT2D eigenvalue weighted by Gasteiger charge is -2.14. The molecule has 1 aromatic carbocycles. The number of likely N-dealkylation sites (tertiary alicyclic amines) is 1. The maximum atomic E-state index is 12.0. The third kappa shape index (κ3) is 3.71. The first-order valence-electron chi connectivity index (χ1n) is 7.70. The molecule has 1 fully saturated rings. The van der Waals surface area contributed by atoms with E-state index in [-0.39, 0.29) is 12.0 Å². The van der Waals surface area contributed by atoms with Gasteiger partial charge >= 0.3 is 0 Å². The third-order valence-corrected chi connectivity index (χ3v) is 4.00. The van der Waals surface area contributed by atoms with Crippen molar-refractivity contribution in [1.82, 2.24) is 9.88 Å². The Bertz CT molecular complexity index is 665. The van der Waals surface area contributed by atoms with Crippen molar-refractivity contribution in [1.29, 1.82) is 0 Å². The lowest BCUT2D eigenvalue weighted by molar-refractivity contribution is -0.130. The fourth-order valence-electron chi connectivity index (χ4n) is 2.65. The van der Waals surface area contributed by atoms with Gasteiger partial charge < -0.3 is 19.2 Å². The molecular formula is C17H20N2O4. The molecule has 23 heavy (non-hydrogen) atoms. The second-order valence-electron chi connectivity index (χ2n) is 5.63. The Morgan fingerprint density at radius 3 is 2.87 bits per heavy atom. The summed E-state index contributed by atoms with van der Waals surface area (Å²) in [6.45, 7) is 1.06. The molecule has 6 nitrogen and oxygen atoms in total. The van der Waals surface area contributed by atoms with Crippen LogP contribution in [0.25, 0.3) is 11.3 Å². The van der Waals surface area contributed by atoms with Gasteiger partial charge in [0, 0.05) is 31.5 Å². The van der Waals surface area contributed by atoms with Gasteiger partial charge in [0.2, 0.25) is 5.91 Å². The van der Waals surface area contributed by atoms with E-state index in [1.165, 1.54) is 0 Å². The molecule has 0 radical (unpaired) electrons. The zero-order valence-corrected chi connectivity index (χ0v) is 13.1. The lowest BCUT2D eigenvalue weighted by Crippen LogP contribution is -2.29. The summed E-state index contributed by atoms with van der Waals surface area (Å²) in [6, 6.07) is 7.53. The summed E-state index contributed by atoms with van der Waals surface area (Å²) >= 11 is 0. The van der Waals surface area contributed by atoms with Crippen LogP contribution >= 0.6 is 0 Å². The average Bonchev–Trinajstić information content (AvgIpc) is 3.22. The molecule has 1 aromatic heterocycles. The fourth-order valence-corrected chi connectivity index (χ4v) is 2.65. The van der Waals surface area contributed by atoms with Crippen molar-refractivity contribution in [3.63, 3.8) is 0 Å². The Kier molecular flexibility index (Phi) is 4.62.